The molecule has 3 aliphatic rings. The molecule has 3 aromatic rings. The minimum absolute atomic E-state index is 0.0512. The van der Waals surface area contributed by atoms with Crippen molar-refractivity contribution in [2.24, 2.45) is 5.92 Å². The number of nitrogens with zero attached hydrogens (tertiary/aromatic N) is 3. The van der Waals surface area contributed by atoms with E-state index in [0.29, 0.717) is 39.6 Å². The van der Waals surface area contributed by atoms with Crippen molar-refractivity contribution < 1.29 is 23.9 Å². The molecule has 178 valence electrons. The van der Waals surface area contributed by atoms with Crippen LogP contribution in [0.4, 0.5) is 0 Å². The number of esters is 1. The first kappa shape index (κ1) is 23.1. The Balaban J connectivity index is 1.27. The van der Waals surface area contributed by atoms with Crippen molar-refractivity contribution in [1.29, 1.82) is 0 Å². The summed E-state index contributed by atoms with van der Waals surface area (Å²) in [6, 6.07) is 7.16. The van der Waals surface area contributed by atoms with E-state index >= 15 is 0 Å². The number of carbonyl (C=O) groups is 2. The highest BCUT2D eigenvalue weighted by atomic mass is 32.1. The Morgan fingerprint density at radius 1 is 1.15 bits per heavy atom. The standard InChI is InChI=1S/C24H26N4O4S2/c29-22(27-14-18-13-25-7-8-26-18)16-28-9-5-17(6-10-28)19(15-28)32-23(30)24(31,20-3-1-11-33-20)21-4-2-12-34-21/h1-4,7-8,11-13,17,19,31H,5-6,9-10,14-16H2/p+1. The highest BCUT2D eigenvalue weighted by Gasteiger charge is 2.51. The lowest BCUT2D eigenvalue weighted by Crippen LogP contribution is -2.66. The Morgan fingerprint density at radius 2 is 1.85 bits per heavy atom. The quantitative estimate of drug-likeness (QED) is 0.364. The van der Waals surface area contributed by atoms with Crippen LogP contribution in [0.5, 0.6) is 0 Å². The summed E-state index contributed by atoms with van der Waals surface area (Å²) in [6.45, 7) is 3.03. The fourth-order valence-electron chi connectivity index (χ4n) is 5.06. The Morgan fingerprint density at radius 3 is 2.44 bits per heavy atom. The topological polar surface area (TPSA) is 101 Å². The number of piperidine rings is 3. The van der Waals surface area contributed by atoms with Crippen molar-refractivity contribution in [3.63, 3.8) is 0 Å². The van der Waals surface area contributed by atoms with Gasteiger partial charge in [0.15, 0.2) is 12.6 Å². The van der Waals surface area contributed by atoms with E-state index in [4.69, 9.17) is 4.74 Å². The van der Waals surface area contributed by atoms with Crippen molar-refractivity contribution in [2.45, 2.75) is 31.1 Å². The lowest BCUT2D eigenvalue weighted by molar-refractivity contribution is -0.939. The number of quaternary nitrogens is 1. The van der Waals surface area contributed by atoms with E-state index in [1.54, 1.807) is 30.7 Å². The molecule has 1 amide bonds. The molecule has 0 saturated carbocycles. The monoisotopic (exact) mass is 499 g/mol. The van der Waals surface area contributed by atoms with Crippen LogP contribution in [0.15, 0.2) is 53.6 Å². The van der Waals surface area contributed by atoms with Crippen LogP contribution in [-0.2, 0) is 26.5 Å². The van der Waals surface area contributed by atoms with Crippen LogP contribution in [0.25, 0.3) is 0 Å². The molecule has 10 heteroatoms. The molecule has 34 heavy (non-hydrogen) atoms. The normalized spacial score (nSPS) is 24.0. The van der Waals surface area contributed by atoms with Gasteiger partial charge in [-0.05, 0) is 22.9 Å². The fraction of sp³-hybridized carbons (Fsp3) is 0.417. The maximum atomic E-state index is 13.4. The van der Waals surface area contributed by atoms with Crippen LogP contribution < -0.4 is 5.32 Å². The zero-order chi connectivity index (χ0) is 23.6. The van der Waals surface area contributed by atoms with Gasteiger partial charge in [-0.1, -0.05) is 12.1 Å². The van der Waals surface area contributed by atoms with Crippen LogP contribution >= 0.6 is 22.7 Å². The van der Waals surface area contributed by atoms with Gasteiger partial charge in [-0.2, -0.15) is 0 Å². The number of aliphatic hydroxyl groups is 1. The van der Waals surface area contributed by atoms with Crippen molar-refractivity contribution >= 4 is 34.6 Å². The zero-order valence-electron chi connectivity index (χ0n) is 18.6. The highest BCUT2D eigenvalue weighted by molar-refractivity contribution is 7.12. The number of rotatable bonds is 8. The van der Waals surface area contributed by atoms with E-state index < -0.39 is 11.6 Å². The second-order valence-corrected chi connectivity index (χ2v) is 10.9. The van der Waals surface area contributed by atoms with Gasteiger partial charge in [0.25, 0.3) is 5.91 Å². The molecular weight excluding hydrogens is 472 g/mol. The van der Waals surface area contributed by atoms with Crippen molar-refractivity contribution in [2.75, 3.05) is 26.2 Å². The third-order valence-electron chi connectivity index (χ3n) is 6.91. The summed E-state index contributed by atoms with van der Waals surface area (Å²) in [5.74, 6) is -0.436. The number of ether oxygens (including phenoxy) is 1. The summed E-state index contributed by atoms with van der Waals surface area (Å²) >= 11 is 2.67. The molecule has 3 aromatic heterocycles. The predicted molar refractivity (Wildman–Crippen MR) is 128 cm³/mol. The van der Waals surface area contributed by atoms with Crippen molar-refractivity contribution in [3.05, 3.63) is 69.1 Å². The third-order valence-corrected chi connectivity index (χ3v) is 8.87. The van der Waals surface area contributed by atoms with Gasteiger partial charge in [-0.25, -0.2) is 4.79 Å². The Bertz CT molecular complexity index is 1080. The molecule has 6 rings (SSSR count). The van der Waals surface area contributed by atoms with Crippen molar-refractivity contribution in [1.82, 2.24) is 15.3 Å². The first-order valence-electron chi connectivity index (χ1n) is 11.4. The first-order chi connectivity index (χ1) is 16.5. The molecule has 3 saturated heterocycles. The van der Waals surface area contributed by atoms with Crippen LogP contribution in [0.2, 0.25) is 0 Å². The van der Waals surface area contributed by atoms with E-state index in [1.165, 1.54) is 22.7 Å². The summed E-state index contributed by atoms with van der Waals surface area (Å²) in [4.78, 5) is 35.5. The van der Waals surface area contributed by atoms with Gasteiger partial charge in [0.1, 0.15) is 6.54 Å². The second kappa shape index (κ2) is 9.53. The number of fused-ring (bicyclic) bond motifs is 3. The Kier molecular flexibility index (Phi) is 6.48. The van der Waals surface area contributed by atoms with Gasteiger partial charge >= 0.3 is 5.97 Å². The average Bonchev–Trinajstić information content (AvgIpc) is 3.59. The molecule has 0 radical (unpaired) electrons. The van der Waals surface area contributed by atoms with E-state index in [2.05, 4.69) is 15.3 Å². The summed E-state index contributed by atoms with van der Waals surface area (Å²) in [5, 5.41) is 18.2. The zero-order valence-corrected chi connectivity index (χ0v) is 20.3. The fourth-order valence-corrected chi connectivity index (χ4v) is 6.78. The smallest absolute Gasteiger partial charge is 0.349 e. The van der Waals surface area contributed by atoms with Gasteiger partial charge in [-0.3, -0.25) is 14.8 Å². The molecule has 1 atom stereocenters. The highest BCUT2D eigenvalue weighted by Crippen LogP contribution is 2.40. The maximum absolute atomic E-state index is 13.4. The van der Waals surface area contributed by atoms with Crippen LogP contribution in [0, 0.1) is 5.92 Å². The van der Waals surface area contributed by atoms with Crippen LogP contribution in [0.1, 0.15) is 28.3 Å². The molecule has 0 aromatic carbocycles. The number of thiophene rings is 2. The van der Waals surface area contributed by atoms with Gasteiger partial charge in [0.2, 0.25) is 5.60 Å². The minimum atomic E-state index is -1.81. The SMILES string of the molecule is O=C(C[N+]12CCC(CC1)C(OC(=O)C(O)(c1cccs1)c1cccs1)C2)NCc1cnccn1. The van der Waals surface area contributed by atoms with Crippen LogP contribution in [0.3, 0.4) is 0 Å². The molecule has 0 aliphatic carbocycles. The van der Waals surface area contributed by atoms with Gasteiger partial charge in [-0.15, -0.1) is 22.7 Å². The Hall–Kier alpha value is -2.66. The van der Waals surface area contributed by atoms with Crippen molar-refractivity contribution in [3.8, 4) is 0 Å². The number of hydrogen-bond donors (Lipinski definition) is 2. The number of hydrogen-bond acceptors (Lipinski definition) is 8. The largest absolute Gasteiger partial charge is 0.453 e. The molecule has 2 bridgehead atoms. The van der Waals surface area contributed by atoms with Crippen LogP contribution in [-0.4, -0.2) is 63.7 Å². The number of aromatic nitrogens is 2. The number of nitrogens with one attached hydrogen (secondary N) is 1. The summed E-state index contributed by atoms with van der Waals surface area (Å²) < 4.78 is 6.63. The van der Waals surface area contributed by atoms with Gasteiger partial charge < -0.3 is 19.6 Å². The number of carbonyl (C=O) groups excluding carboxylic acids is 2. The van der Waals surface area contributed by atoms with E-state index in [-0.39, 0.29) is 17.9 Å². The molecular formula is C24H27N4O4S2+. The third kappa shape index (κ3) is 4.50. The first-order valence-corrected chi connectivity index (χ1v) is 13.1. The maximum Gasteiger partial charge on any atom is 0.349 e. The molecule has 8 nitrogen and oxygen atoms in total. The number of amides is 1. The predicted octanol–water partition coefficient (Wildman–Crippen LogP) is 2.30. The lowest BCUT2D eigenvalue weighted by atomic mass is 9.83. The van der Waals surface area contributed by atoms with E-state index in [1.807, 2.05) is 22.9 Å². The lowest BCUT2D eigenvalue weighted by Gasteiger charge is -2.51. The molecule has 1 unspecified atom stereocenters. The summed E-state index contributed by atoms with van der Waals surface area (Å²) in [6.07, 6.45) is 6.30. The Labute approximate surface area is 205 Å². The second-order valence-electron chi connectivity index (χ2n) is 9.05. The summed E-state index contributed by atoms with van der Waals surface area (Å²) in [5.41, 5.74) is -1.10. The van der Waals surface area contributed by atoms with E-state index in [9.17, 15) is 14.7 Å². The van der Waals surface area contributed by atoms with Gasteiger partial charge in [0, 0.05) is 31.2 Å². The molecule has 0 spiro atoms. The summed E-state index contributed by atoms with van der Waals surface area (Å²) in [7, 11) is 0. The molecule has 2 N–H and O–H groups in total. The average molecular weight is 500 g/mol. The van der Waals surface area contributed by atoms with E-state index in [0.717, 1.165) is 25.9 Å². The van der Waals surface area contributed by atoms with Gasteiger partial charge in [0.05, 0.1) is 41.3 Å². The molecule has 3 aliphatic heterocycles. The molecule has 6 heterocycles. The molecule has 3 fully saturated rings. The minimum Gasteiger partial charge on any atom is -0.453 e.